The molecule has 0 saturated heterocycles. The molecule has 0 aliphatic rings. The maximum Gasteiger partial charge on any atom is 0.236 e. The van der Waals surface area contributed by atoms with Crippen LogP contribution in [0.2, 0.25) is 5.02 Å². The van der Waals surface area contributed by atoms with E-state index in [0.29, 0.717) is 29.0 Å². The average Bonchev–Trinajstić information content (AvgIpc) is 3.20. The topological polar surface area (TPSA) is 68.0 Å². The van der Waals surface area contributed by atoms with E-state index < -0.39 is 0 Å². The van der Waals surface area contributed by atoms with Crippen LogP contribution in [-0.4, -0.2) is 21.3 Å². The number of hydrogen-bond acceptors (Lipinski definition) is 5. The van der Waals surface area contributed by atoms with Crippen LogP contribution in [0.25, 0.3) is 11.4 Å². The lowest BCUT2D eigenvalue weighted by atomic mass is 10.1. The van der Waals surface area contributed by atoms with Gasteiger partial charge in [0.25, 0.3) is 0 Å². The zero-order chi connectivity index (χ0) is 19.9. The predicted molar refractivity (Wildman–Crippen MR) is 113 cm³/mol. The second kappa shape index (κ2) is 9.75. The number of aromatic nitrogens is 2. The Morgan fingerprint density at radius 3 is 2.68 bits per heavy atom. The second-order valence-electron chi connectivity index (χ2n) is 6.32. The molecule has 1 N–H and O–H groups in total. The molecule has 0 bridgehead atoms. The number of nitrogens with one attached hydrogen (secondary N) is 1. The number of thioether (sulfide) groups is 1. The first-order valence-electron chi connectivity index (χ1n) is 9.11. The van der Waals surface area contributed by atoms with Gasteiger partial charge in [0.05, 0.1) is 11.0 Å². The number of benzene rings is 2. The van der Waals surface area contributed by atoms with Gasteiger partial charge < -0.3 is 9.84 Å². The zero-order valence-corrected chi connectivity index (χ0v) is 17.4. The Bertz CT molecular complexity index is 927. The van der Waals surface area contributed by atoms with Crippen molar-refractivity contribution in [3.63, 3.8) is 0 Å². The first kappa shape index (κ1) is 20.4. The summed E-state index contributed by atoms with van der Waals surface area (Å²) in [6.07, 6.45) is 0.991. The van der Waals surface area contributed by atoms with Gasteiger partial charge in [-0.1, -0.05) is 66.1 Å². The van der Waals surface area contributed by atoms with E-state index in [-0.39, 0.29) is 11.2 Å². The number of nitrogens with zero attached hydrogens (tertiary/aromatic N) is 2. The van der Waals surface area contributed by atoms with Crippen molar-refractivity contribution >= 4 is 29.3 Å². The number of carbonyl (C=O) groups is 1. The number of halogens is 1. The van der Waals surface area contributed by atoms with Gasteiger partial charge in [-0.05, 0) is 30.5 Å². The first-order valence-corrected chi connectivity index (χ1v) is 10.5. The van der Waals surface area contributed by atoms with Crippen LogP contribution in [0.4, 0.5) is 0 Å². The summed E-state index contributed by atoms with van der Waals surface area (Å²) in [6.45, 7) is 4.37. The highest BCUT2D eigenvalue weighted by Crippen LogP contribution is 2.21. The van der Waals surface area contributed by atoms with Gasteiger partial charge >= 0.3 is 0 Å². The molecule has 7 heteroatoms. The van der Waals surface area contributed by atoms with Crippen molar-refractivity contribution in [2.24, 2.45) is 0 Å². The smallest absolute Gasteiger partial charge is 0.236 e. The van der Waals surface area contributed by atoms with Crippen LogP contribution in [0.1, 0.15) is 30.9 Å². The maximum atomic E-state index is 12.3. The molecular weight excluding hydrogens is 394 g/mol. The molecule has 1 aromatic heterocycles. The van der Waals surface area contributed by atoms with Crippen LogP contribution >= 0.6 is 23.4 Å². The Morgan fingerprint density at radius 2 is 1.96 bits per heavy atom. The fourth-order valence-electron chi connectivity index (χ4n) is 2.56. The molecule has 3 aromatic rings. The largest absolute Gasteiger partial charge is 0.351 e. The van der Waals surface area contributed by atoms with Crippen LogP contribution in [0.3, 0.4) is 0 Å². The molecule has 0 spiro atoms. The minimum atomic E-state index is -0.248. The van der Waals surface area contributed by atoms with E-state index in [1.165, 1.54) is 17.3 Å². The summed E-state index contributed by atoms with van der Waals surface area (Å²) < 4.78 is 5.32. The molecule has 0 radical (unpaired) electrons. The van der Waals surface area contributed by atoms with Gasteiger partial charge in [0.2, 0.25) is 17.6 Å². The Labute approximate surface area is 173 Å². The Kier molecular flexibility index (Phi) is 7.12. The molecular formula is C21H22ClN3O2S. The van der Waals surface area contributed by atoms with Crippen molar-refractivity contribution in [3.8, 4) is 11.4 Å². The molecule has 2 aromatic carbocycles. The molecule has 1 unspecified atom stereocenters. The quantitative estimate of drug-likeness (QED) is 0.567. The summed E-state index contributed by atoms with van der Waals surface area (Å²) in [5.41, 5.74) is 3.08. The third-order valence-corrected chi connectivity index (χ3v) is 5.82. The van der Waals surface area contributed by atoms with Gasteiger partial charge in [0, 0.05) is 17.1 Å². The van der Waals surface area contributed by atoms with Gasteiger partial charge in [-0.3, -0.25) is 4.79 Å². The summed E-state index contributed by atoms with van der Waals surface area (Å²) in [6, 6.07) is 15.6. The first-order chi connectivity index (χ1) is 13.6. The summed E-state index contributed by atoms with van der Waals surface area (Å²) in [5.74, 6) is 1.49. The summed E-state index contributed by atoms with van der Waals surface area (Å²) in [4.78, 5) is 16.7. The molecule has 0 saturated carbocycles. The third-order valence-electron chi connectivity index (χ3n) is 4.33. The lowest BCUT2D eigenvalue weighted by molar-refractivity contribution is -0.120. The van der Waals surface area contributed by atoms with Crippen LogP contribution in [0, 0.1) is 0 Å². The van der Waals surface area contributed by atoms with Crippen LogP contribution in [-0.2, 0) is 23.5 Å². The summed E-state index contributed by atoms with van der Waals surface area (Å²) in [5, 5.41) is 7.34. The van der Waals surface area contributed by atoms with Gasteiger partial charge in [-0.25, -0.2) is 0 Å². The monoisotopic (exact) mass is 415 g/mol. The molecule has 28 heavy (non-hydrogen) atoms. The molecule has 0 aliphatic heterocycles. The van der Waals surface area contributed by atoms with E-state index in [0.717, 1.165) is 17.5 Å². The number of carbonyl (C=O) groups excluding carboxylic acids is 1. The van der Waals surface area contributed by atoms with E-state index in [1.54, 1.807) is 0 Å². The van der Waals surface area contributed by atoms with Crippen molar-refractivity contribution in [3.05, 3.63) is 70.6 Å². The molecule has 1 amide bonds. The van der Waals surface area contributed by atoms with Crippen molar-refractivity contribution in [2.75, 3.05) is 0 Å². The van der Waals surface area contributed by atoms with Crippen molar-refractivity contribution in [1.29, 1.82) is 0 Å². The van der Waals surface area contributed by atoms with Crippen molar-refractivity contribution in [2.45, 2.75) is 37.8 Å². The molecule has 3 rings (SSSR count). The highest BCUT2D eigenvalue weighted by Gasteiger charge is 2.16. The molecule has 0 fully saturated rings. The summed E-state index contributed by atoms with van der Waals surface area (Å²) in [7, 11) is 0. The van der Waals surface area contributed by atoms with Gasteiger partial charge in [-0.15, -0.1) is 11.8 Å². The van der Waals surface area contributed by atoms with E-state index >= 15 is 0 Å². The fourth-order valence-corrected chi connectivity index (χ4v) is 3.51. The lowest BCUT2D eigenvalue weighted by Crippen LogP contribution is -2.30. The average molecular weight is 416 g/mol. The minimum absolute atomic E-state index is 0.0557. The SMILES string of the molecule is CCc1ccc(-c2noc(CSC(C)C(=O)NCc3ccccc3Cl)n2)cc1. The van der Waals surface area contributed by atoms with Crippen LogP contribution < -0.4 is 5.32 Å². The van der Waals surface area contributed by atoms with E-state index in [2.05, 4.69) is 34.5 Å². The molecule has 146 valence electrons. The van der Waals surface area contributed by atoms with E-state index in [1.807, 2.05) is 43.3 Å². The number of hydrogen-bond donors (Lipinski definition) is 1. The van der Waals surface area contributed by atoms with E-state index in [4.69, 9.17) is 16.1 Å². The predicted octanol–water partition coefficient (Wildman–Crippen LogP) is 4.89. The Morgan fingerprint density at radius 1 is 1.21 bits per heavy atom. The highest BCUT2D eigenvalue weighted by molar-refractivity contribution is 7.99. The summed E-state index contributed by atoms with van der Waals surface area (Å²) >= 11 is 7.56. The van der Waals surface area contributed by atoms with Gasteiger partial charge in [0.15, 0.2) is 0 Å². The van der Waals surface area contributed by atoms with Crippen molar-refractivity contribution in [1.82, 2.24) is 15.5 Å². The third kappa shape index (κ3) is 5.36. The zero-order valence-electron chi connectivity index (χ0n) is 15.8. The molecule has 1 atom stereocenters. The standard InChI is InChI=1S/C21H22ClN3O2S/c1-3-15-8-10-16(11-9-15)20-24-19(27-25-20)13-28-14(2)21(26)23-12-17-6-4-5-7-18(17)22/h4-11,14H,3,12-13H2,1-2H3,(H,23,26). The van der Waals surface area contributed by atoms with Gasteiger partial charge in [-0.2, -0.15) is 4.98 Å². The second-order valence-corrected chi connectivity index (χ2v) is 8.06. The maximum absolute atomic E-state index is 12.3. The Balaban J connectivity index is 1.50. The lowest BCUT2D eigenvalue weighted by Gasteiger charge is -2.11. The number of amides is 1. The highest BCUT2D eigenvalue weighted by atomic mass is 35.5. The normalized spacial score (nSPS) is 12.0. The van der Waals surface area contributed by atoms with Crippen molar-refractivity contribution < 1.29 is 9.32 Å². The minimum Gasteiger partial charge on any atom is -0.351 e. The number of aryl methyl sites for hydroxylation is 1. The Hall–Kier alpha value is -2.31. The molecule has 5 nitrogen and oxygen atoms in total. The van der Waals surface area contributed by atoms with Crippen LogP contribution in [0.5, 0.6) is 0 Å². The molecule has 0 aliphatic carbocycles. The van der Waals surface area contributed by atoms with Crippen LogP contribution in [0.15, 0.2) is 53.1 Å². The molecule has 1 heterocycles. The fraction of sp³-hybridized carbons (Fsp3) is 0.286. The number of rotatable bonds is 8. The van der Waals surface area contributed by atoms with Gasteiger partial charge in [0.1, 0.15) is 0 Å². The van der Waals surface area contributed by atoms with E-state index in [9.17, 15) is 4.79 Å².